The predicted molar refractivity (Wildman–Crippen MR) is 56.8 cm³/mol. The summed E-state index contributed by atoms with van der Waals surface area (Å²) in [5, 5.41) is 0. The third-order valence-electron chi connectivity index (χ3n) is 1.59. The summed E-state index contributed by atoms with van der Waals surface area (Å²) < 4.78 is 9.49. The Balaban J connectivity index is 2.64. The van der Waals surface area contributed by atoms with Gasteiger partial charge in [0.1, 0.15) is 5.75 Å². The fourth-order valence-electron chi connectivity index (χ4n) is 0.898. The second kappa shape index (κ2) is 5.06. The molecule has 0 unspecified atom stereocenters. The van der Waals surface area contributed by atoms with Gasteiger partial charge < -0.3 is 7.80 Å². The predicted octanol–water partition coefficient (Wildman–Crippen LogP) is 2.13. The van der Waals surface area contributed by atoms with Crippen molar-refractivity contribution in [1.82, 2.24) is 0 Å². The van der Waals surface area contributed by atoms with Gasteiger partial charge in [-0.1, -0.05) is 12.1 Å². The molecule has 1 rings (SSSR count). The molecule has 1 aromatic rings. The molecule has 70 valence electrons. The van der Waals surface area contributed by atoms with Gasteiger partial charge in [-0.3, -0.25) is 4.79 Å². The monoisotopic (exact) mass is 292 g/mol. The molecule has 0 aromatic heterocycles. The first-order valence-electron chi connectivity index (χ1n) is 3.70. The van der Waals surface area contributed by atoms with Crippen LogP contribution in [-0.4, -0.2) is 13.1 Å². The van der Waals surface area contributed by atoms with Crippen molar-refractivity contribution in [1.29, 1.82) is 0 Å². The lowest BCUT2D eigenvalue weighted by Gasteiger charge is -2.00. The number of esters is 1. The third kappa shape index (κ3) is 3.22. The van der Waals surface area contributed by atoms with Crippen LogP contribution in [0.3, 0.4) is 0 Å². The minimum absolute atomic E-state index is 0.233. The first-order chi connectivity index (χ1) is 6.26. The van der Waals surface area contributed by atoms with Gasteiger partial charge in [0.05, 0.1) is 13.5 Å². The zero-order chi connectivity index (χ0) is 9.68. The van der Waals surface area contributed by atoms with Gasteiger partial charge in [-0.15, -0.1) is 0 Å². The molecule has 3 nitrogen and oxygen atoms in total. The molecule has 0 saturated heterocycles. The molecular weight excluding hydrogens is 283 g/mol. The second-order valence-electron chi connectivity index (χ2n) is 2.47. The van der Waals surface area contributed by atoms with Crippen LogP contribution in [0.2, 0.25) is 0 Å². The zero-order valence-corrected chi connectivity index (χ0v) is 9.28. The Hall–Kier alpha value is -0.780. The van der Waals surface area contributed by atoms with Crippen molar-refractivity contribution in [3.05, 3.63) is 29.8 Å². The maximum atomic E-state index is 10.9. The average Bonchev–Trinajstić information content (AvgIpc) is 2.19. The average molecular weight is 292 g/mol. The van der Waals surface area contributed by atoms with Gasteiger partial charge in [0, 0.05) is 0 Å². The van der Waals surface area contributed by atoms with Gasteiger partial charge in [-0.05, 0) is 17.7 Å². The zero-order valence-electron chi connectivity index (χ0n) is 7.12. The summed E-state index contributed by atoms with van der Waals surface area (Å²) in [6.07, 6.45) is 0.304. The van der Waals surface area contributed by atoms with E-state index in [1.165, 1.54) is 7.11 Å². The summed E-state index contributed by atoms with van der Waals surface area (Å²) in [7, 11) is 1.38. The van der Waals surface area contributed by atoms with Crippen LogP contribution in [0.5, 0.6) is 5.75 Å². The fraction of sp³-hybridized carbons (Fsp3) is 0.222. The highest BCUT2D eigenvalue weighted by Gasteiger charge is 2.02. The van der Waals surface area contributed by atoms with Crippen LogP contribution in [0.1, 0.15) is 5.56 Å². The molecule has 0 heterocycles. The quantitative estimate of drug-likeness (QED) is 0.632. The van der Waals surface area contributed by atoms with Crippen molar-refractivity contribution < 1.29 is 12.6 Å². The minimum Gasteiger partial charge on any atom is -0.469 e. The second-order valence-corrected chi connectivity index (χ2v) is 2.91. The number of hydrogen-bond donors (Lipinski definition) is 0. The highest BCUT2D eigenvalue weighted by atomic mass is 127. The van der Waals surface area contributed by atoms with E-state index in [1.807, 2.05) is 24.3 Å². The normalized spacial score (nSPS) is 9.38. The molecule has 0 aliphatic heterocycles. The summed E-state index contributed by atoms with van der Waals surface area (Å²) in [4.78, 5) is 10.9. The van der Waals surface area contributed by atoms with E-state index in [0.29, 0.717) is 6.42 Å². The van der Waals surface area contributed by atoms with E-state index in [0.717, 1.165) is 11.3 Å². The lowest BCUT2D eigenvalue weighted by Crippen LogP contribution is -2.03. The number of hydrogen-bond acceptors (Lipinski definition) is 3. The Morgan fingerprint density at radius 1 is 1.38 bits per heavy atom. The van der Waals surface area contributed by atoms with E-state index >= 15 is 0 Å². The molecule has 0 fully saturated rings. The van der Waals surface area contributed by atoms with Crippen LogP contribution >= 0.6 is 23.0 Å². The lowest BCUT2D eigenvalue weighted by molar-refractivity contribution is -0.139. The number of halogens is 1. The summed E-state index contributed by atoms with van der Waals surface area (Å²) in [5.41, 5.74) is 0.920. The number of methoxy groups -OCH3 is 1. The highest BCUT2D eigenvalue weighted by molar-refractivity contribution is 14.1. The lowest BCUT2D eigenvalue weighted by atomic mass is 10.1. The molecule has 0 aliphatic carbocycles. The van der Waals surface area contributed by atoms with Crippen LogP contribution < -0.4 is 3.07 Å². The molecule has 0 radical (unpaired) electrons. The van der Waals surface area contributed by atoms with E-state index in [4.69, 9.17) is 3.07 Å². The van der Waals surface area contributed by atoms with E-state index in [1.54, 1.807) is 23.0 Å². The van der Waals surface area contributed by atoms with Gasteiger partial charge in [0.25, 0.3) is 0 Å². The van der Waals surface area contributed by atoms with E-state index in [-0.39, 0.29) is 5.97 Å². The number of carbonyl (C=O) groups excluding carboxylic acids is 1. The Morgan fingerprint density at radius 3 is 2.46 bits per heavy atom. The van der Waals surface area contributed by atoms with Crippen molar-refractivity contribution >= 4 is 29.0 Å². The molecule has 0 amide bonds. The first-order valence-corrected chi connectivity index (χ1v) is 4.58. The maximum absolute atomic E-state index is 10.9. The van der Waals surface area contributed by atoms with Crippen molar-refractivity contribution in [3.8, 4) is 5.75 Å². The summed E-state index contributed by atoms with van der Waals surface area (Å²) in [5.74, 6) is 0.539. The van der Waals surface area contributed by atoms with Crippen molar-refractivity contribution in [2.75, 3.05) is 7.11 Å². The molecule has 4 heteroatoms. The van der Waals surface area contributed by atoms with Crippen molar-refractivity contribution in [2.45, 2.75) is 6.42 Å². The summed E-state index contributed by atoms with van der Waals surface area (Å²) >= 11 is 1.81. The van der Waals surface area contributed by atoms with Crippen LogP contribution in [-0.2, 0) is 16.0 Å². The number of ether oxygens (including phenoxy) is 1. The van der Waals surface area contributed by atoms with Gasteiger partial charge >= 0.3 is 5.97 Å². The maximum Gasteiger partial charge on any atom is 0.309 e. The number of benzene rings is 1. The summed E-state index contributed by atoms with van der Waals surface area (Å²) in [6.45, 7) is 0. The van der Waals surface area contributed by atoms with Gasteiger partial charge in [0.15, 0.2) is 23.0 Å². The topological polar surface area (TPSA) is 35.5 Å². The standard InChI is InChI=1S/C9H9IO3/c1-12-9(11)6-7-2-4-8(13-10)5-3-7/h2-5H,6H2,1H3. The third-order valence-corrected chi connectivity index (χ3v) is 2.10. The van der Waals surface area contributed by atoms with Gasteiger partial charge in [0.2, 0.25) is 0 Å². The van der Waals surface area contributed by atoms with E-state index in [2.05, 4.69) is 4.74 Å². The van der Waals surface area contributed by atoms with Gasteiger partial charge in [-0.2, -0.15) is 0 Å². The first kappa shape index (κ1) is 10.3. The van der Waals surface area contributed by atoms with Crippen LogP contribution in [0, 0.1) is 0 Å². The largest absolute Gasteiger partial charge is 0.469 e. The van der Waals surface area contributed by atoms with Crippen molar-refractivity contribution in [2.24, 2.45) is 0 Å². The fourth-order valence-corrected chi connectivity index (χ4v) is 1.19. The van der Waals surface area contributed by atoms with E-state index in [9.17, 15) is 4.79 Å². The Morgan fingerprint density at radius 2 is 2.00 bits per heavy atom. The van der Waals surface area contributed by atoms with Gasteiger partial charge in [-0.25, -0.2) is 0 Å². The Bertz CT molecular complexity index is 281. The van der Waals surface area contributed by atoms with Crippen LogP contribution in [0.15, 0.2) is 24.3 Å². The SMILES string of the molecule is COC(=O)Cc1ccc(OI)cc1. The molecule has 0 bridgehead atoms. The molecule has 0 atom stereocenters. The van der Waals surface area contributed by atoms with E-state index < -0.39 is 0 Å². The number of carbonyl (C=O) groups is 1. The highest BCUT2D eigenvalue weighted by Crippen LogP contribution is 2.14. The van der Waals surface area contributed by atoms with Crippen LogP contribution in [0.4, 0.5) is 0 Å². The molecule has 0 N–H and O–H groups in total. The molecule has 0 saturated carbocycles. The number of rotatable bonds is 3. The molecule has 1 aromatic carbocycles. The Kier molecular flexibility index (Phi) is 4.01. The minimum atomic E-state index is -0.233. The van der Waals surface area contributed by atoms with Crippen molar-refractivity contribution in [3.63, 3.8) is 0 Å². The molecule has 0 aliphatic rings. The molecule has 0 spiro atoms. The molecule has 13 heavy (non-hydrogen) atoms. The molecular formula is C9H9IO3. The smallest absolute Gasteiger partial charge is 0.309 e. The summed E-state index contributed by atoms with van der Waals surface area (Å²) in [6, 6.07) is 7.30. The Labute approximate surface area is 90.7 Å². The van der Waals surface area contributed by atoms with Crippen LogP contribution in [0.25, 0.3) is 0 Å².